The zero-order valence-electron chi connectivity index (χ0n) is 15.4. The normalized spacial score (nSPS) is 10.6. The summed E-state index contributed by atoms with van der Waals surface area (Å²) in [5.41, 5.74) is 1.82. The maximum absolute atomic E-state index is 13.3. The van der Waals surface area contributed by atoms with E-state index in [-0.39, 0.29) is 30.5 Å². The van der Waals surface area contributed by atoms with Crippen LogP contribution >= 0.6 is 15.9 Å². The Morgan fingerprint density at radius 1 is 1.00 bits per heavy atom. The standard InChI is InChI=1S/C21H17BrF2N2O3/c1-26(12-14-4-7-16(23)17(24)10-14)20(27)11-13-2-5-15(6-3-13)25-21(28)18-8-9-19(22)29-18/h2-10H,11-12H2,1H3,(H,25,28). The highest BCUT2D eigenvalue weighted by Gasteiger charge is 2.13. The van der Waals surface area contributed by atoms with Crippen molar-refractivity contribution in [2.45, 2.75) is 13.0 Å². The number of amides is 2. The van der Waals surface area contributed by atoms with E-state index < -0.39 is 11.6 Å². The van der Waals surface area contributed by atoms with Gasteiger partial charge in [-0.05, 0) is 63.5 Å². The number of nitrogens with one attached hydrogen (secondary N) is 1. The molecule has 3 rings (SSSR count). The molecule has 3 aromatic rings. The molecular formula is C21H17BrF2N2O3. The minimum absolute atomic E-state index is 0.138. The van der Waals surface area contributed by atoms with Crippen molar-refractivity contribution in [3.05, 3.63) is 87.8 Å². The van der Waals surface area contributed by atoms with Crippen LogP contribution in [0.2, 0.25) is 0 Å². The first-order valence-corrected chi connectivity index (χ1v) is 9.44. The first kappa shape index (κ1) is 20.7. The summed E-state index contributed by atoms with van der Waals surface area (Å²) in [5, 5.41) is 2.70. The van der Waals surface area contributed by atoms with E-state index in [4.69, 9.17) is 4.42 Å². The van der Waals surface area contributed by atoms with Crippen molar-refractivity contribution >= 4 is 33.4 Å². The fraction of sp³-hybridized carbons (Fsp3) is 0.143. The molecule has 0 atom stereocenters. The molecule has 8 heteroatoms. The largest absolute Gasteiger partial charge is 0.444 e. The van der Waals surface area contributed by atoms with Gasteiger partial charge >= 0.3 is 0 Å². The van der Waals surface area contributed by atoms with Gasteiger partial charge in [-0.1, -0.05) is 18.2 Å². The van der Waals surface area contributed by atoms with Crippen molar-refractivity contribution in [1.82, 2.24) is 4.90 Å². The lowest BCUT2D eigenvalue weighted by molar-refractivity contribution is -0.129. The number of halogens is 3. The van der Waals surface area contributed by atoms with Gasteiger partial charge in [-0.3, -0.25) is 9.59 Å². The van der Waals surface area contributed by atoms with Crippen LogP contribution < -0.4 is 5.32 Å². The molecule has 29 heavy (non-hydrogen) atoms. The molecule has 0 saturated carbocycles. The van der Waals surface area contributed by atoms with Gasteiger partial charge in [0.2, 0.25) is 5.91 Å². The SMILES string of the molecule is CN(Cc1ccc(F)c(F)c1)C(=O)Cc1ccc(NC(=O)c2ccc(Br)o2)cc1. The summed E-state index contributed by atoms with van der Waals surface area (Å²) in [6, 6.07) is 13.6. The fourth-order valence-electron chi connectivity index (χ4n) is 2.64. The van der Waals surface area contributed by atoms with Crippen molar-refractivity contribution < 1.29 is 22.8 Å². The number of benzene rings is 2. The first-order chi connectivity index (χ1) is 13.8. The van der Waals surface area contributed by atoms with E-state index in [1.54, 1.807) is 43.4 Å². The molecule has 150 valence electrons. The molecule has 0 bridgehead atoms. The van der Waals surface area contributed by atoms with Crippen LogP contribution in [0.5, 0.6) is 0 Å². The average Bonchev–Trinajstić information content (AvgIpc) is 3.13. The molecular weight excluding hydrogens is 446 g/mol. The average molecular weight is 463 g/mol. The van der Waals surface area contributed by atoms with Gasteiger partial charge in [0.25, 0.3) is 5.91 Å². The molecule has 0 radical (unpaired) electrons. The van der Waals surface area contributed by atoms with E-state index in [9.17, 15) is 18.4 Å². The molecule has 2 amide bonds. The molecule has 0 saturated heterocycles. The maximum Gasteiger partial charge on any atom is 0.291 e. The molecule has 0 spiro atoms. The van der Waals surface area contributed by atoms with Crippen LogP contribution in [-0.2, 0) is 17.8 Å². The summed E-state index contributed by atoms with van der Waals surface area (Å²) >= 11 is 3.14. The predicted octanol–water partition coefficient (Wildman–Crippen LogP) is 4.77. The van der Waals surface area contributed by atoms with Crippen molar-refractivity contribution in [2.24, 2.45) is 0 Å². The Hall–Kier alpha value is -3.00. The molecule has 1 aromatic heterocycles. The van der Waals surface area contributed by atoms with Crippen LogP contribution in [0.1, 0.15) is 21.7 Å². The van der Waals surface area contributed by atoms with Crippen molar-refractivity contribution in [2.75, 3.05) is 12.4 Å². The predicted molar refractivity (Wildman–Crippen MR) is 107 cm³/mol. The third-order valence-electron chi connectivity index (χ3n) is 4.19. The Morgan fingerprint density at radius 3 is 2.31 bits per heavy atom. The lowest BCUT2D eigenvalue weighted by Gasteiger charge is -2.17. The lowest BCUT2D eigenvalue weighted by atomic mass is 10.1. The van der Waals surface area contributed by atoms with Crippen LogP contribution in [0, 0.1) is 11.6 Å². The topological polar surface area (TPSA) is 62.6 Å². The van der Waals surface area contributed by atoms with E-state index >= 15 is 0 Å². The Balaban J connectivity index is 1.56. The molecule has 2 aromatic carbocycles. The molecule has 5 nitrogen and oxygen atoms in total. The number of anilines is 1. The van der Waals surface area contributed by atoms with Gasteiger partial charge in [0.1, 0.15) is 0 Å². The minimum Gasteiger partial charge on any atom is -0.444 e. The van der Waals surface area contributed by atoms with Crippen LogP contribution in [0.3, 0.4) is 0 Å². The third-order valence-corrected chi connectivity index (χ3v) is 4.62. The molecule has 0 aliphatic carbocycles. The number of likely N-dealkylation sites (N-methyl/N-ethyl adjacent to an activating group) is 1. The van der Waals surface area contributed by atoms with Gasteiger partial charge in [0, 0.05) is 19.3 Å². The second kappa shape index (κ2) is 9.00. The molecule has 1 N–H and O–H groups in total. The minimum atomic E-state index is -0.942. The van der Waals surface area contributed by atoms with Crippen LogP contribution in [0.15, 0.2) is 63.7 Å². The quantitative estimate of drug-likeness (QED) is 0.573. The van der Waals surface area contributed by atoms with Gasteiger partial charge < -0.3 is 14.6 Å². The van der Waals surface area contributed by atoms with E-state index in [1.807, 2.05) is 0 Å². The molecule has 0 aliphatic rings. The number of furan rings is 1. The lowest BCUT2D eigenvalue weighted by Crippen LogP contribution is -2.27. The van der Waals surface area contributed by atoms with E-state index in [0.717, 1.165) is 17.7 Å². The van der Waals surface area contributed by atoms with Crippen molar-refractivity contribution in [3.63, 3.8) is 0 Å². The number of carbonyl (C=O) groups is 2. The maximum atomic E-state index is 13.3. The zero-order chi connectivity index (χ0) is 21.0. The number of rotatable bonds is 6. The number of carbonyl (C=O) groups excluding carboxylic acids is 2. The number of nitrogens with zero attached hydrogens (tertiary/aromatic N) is 1. The Kier molecular flexibility index (Phi) is 6.43. The van der Waals surface area contributed by atoms with Gasteiger partial charge in [0.05, 0.1) is 6.42 Å². The summed E-state index contributed by atoms with van der Waals surface area (Å²) in [4.78, 5) is 25.9. The van der Waals surface area contributed by atoms with Crippen LogP contribution in [0.4, 0.5) is 14.5 Å². The number of hydrogen-bond donors (Lipinski definition) is 1. The monoisotopic (exact) mass is 462 g/mol. The highest BCUT2D eigenvalue weighted by Crippen LogP contribution is 2.17. The smallest absolute Gasteiger partial charge is 0.291 e. The Bertz CT molecular complexity index is 1030. The fourth-order valence-corrected chi connectivity index (χ4v) is 2.95. The van der Waals surface area contributed by atoms with E-state index in [1.165, 1.54) is 11.0 Å². The summed E-state index contributed by atoms with van der Waals surface area (Å²) in [6.07, 6.45) is 0.138. The molecule has 0 fully saturated rings. The third kappa shape index (κ3) is 5.51. The summed E-state index contributed by atoms with van der Waals surface area (Å²) in [7, 11) is 1.60. The Morgan fingerprint density at radius 2 is 1.69 bits per heavy atom. The highest BCUT2D eigenvalue weighted by atomic mass is 79.9. The summed E-state index contributed by atoms with van der Waals surface area (Å²) in [5.74, 6) is -2.25. The highest BCUT2D eigenvalue weighted by molar-refractivity contribution is 9.10. The zero-order valence-corrected chi connectivity index (χ0v) is 17.0. The van der Waals surface area contributed by atoms with Crippen LogP contribution in [-0.4, -0.2) is 23.8 Å². The first-order valence-electron chi connectivity index (χ1n) is 8.65. The van der Waals surface area contributed by atoms with E-state index in [0.29, 0.717) is 15.9 Å². The number of hydrogen-bond acceptors (Lipinski definition) is 3. The Labute approximate surface area is 174 Å². The summed E-state index contributed by atoms with van der Waals surface area (Å²) < 4.78 is 32.0. The van der Waals surface area contributed by atoms with E-state index in [2.05, 4.69) is 21.2 Å². The molecule has 0 unspecified atom stereocenters. The second-order valence-corrected chi connectivity index (χ2v) is 7.21. The van der Waals surface area contributed by atoms with Gasteiger partial charge in [0.15, 0.2) is 22.1 Å². The molecule has 0 aliphatic heterocycles. The van der Waals surface area contributed by atoms with Gasteiger partial charge in [-0.25, -0.2) is 8.78 Å². The summed E-state index contributed by atoms with van der Waals surface area (Å²) in [6.45, 7) is 0.170. The van der Waals surface area contributed by atoms with Crippen molar-refractivity contribution in [1.29, 1.82) is 0 Å². The van der Waals surface area contributed by atoms with Gasteiger partial charge in [-0.2, -0.15) is 0 Å². The van der Waals surface area contributed by atoms with Crippen LogP contribution in [0.25, 0.3) is 0 Å². The van der Waals surface area contributed by atoms with Crippen molar-refractivity contribution in [3.8, 4) is 0 Å². The second-order valence-electron chi connectivity index (χ2n) is 6.43. The van der Waals surface area contributed by atoms with Gasteiger partial charge in [-0.15, -0.1) is 0 Å². The molecule has 1 heterocycles.